The summed E-state index contributed by atoms with van der Waals surface area (Å²) < 4.78 is 0. The highest BCUT2D eigenvalue weighted by molar-refractivity contribution is 6.10. The predicted octanol–water partition coefficient (Wildman–Crippen LogP) is 2.76. The van der Waals surface area contributed by atoms with Gasteiger partial charge in [-0.05, 0) is 37.8 Å². The zero-order valence-electron chi connectivity index (χ0n) is 17.6. The Labute approximate surface area is 175 Å². The number of benzene rings is 1. The number of hydrogen-bond acceptors (Lipinski definition) is 4. The molecule has 0 spiro atoms. The summed E-state index contributed by atoms with van der Waals surface area (Å²) in [6, 6.07) is 8.89. The van der Waals surface area contributed by atoms with E-state index in [-0.39, 0.29) is 30.4 Å². The molecule has 30 heavy (non-hydrogen) atoms. The third kappa shape index (κ3) is 3.54. The number of aliphatic hydroxyl groups is 1. The summed E-state index contributed by atoms with van der Waals surface area (Å²) in [4.78, 5) is 35.7. The quantitative estimate of drug-likeness (QED) is 0.605. The number of aromatic nitrogens is 2. The molecule has 3 aromatic rings. The molecular weight excluding hydrogens is 380 g/mol. The molecule has 3 N–H and O–H groups in total. The van der Waals surface area contributed by atoms with Crippen molar-refractivity contribution in [1.29, 1.82) is 0 Å². The van der Waals surface area contributed by atoms with Gasteiger partial charge in [-0.15, -0.1) is 0 Å². The normalized spacial score (nSPS) is 17.8. The maximum atomic E-state index is 13.1. The van der Waals surface area contributed by atoms with Gasteiger partial charge >= 0.3 is 0 Å². The van der Waals surface area contributed by atoms with Crippen LogP contribution >= 0.6 is 0 Å². The summed E-state index contributed by atoms with van der Waals surface area (Å²) in [5, 5.41) is 14.4. The van der Waals surface area contributed by atoms with Crippen molar-refractivity contribution in [3.8, 4) is 0 Å². The Kier molecular flexibility index (Phi) is 5.47. The monoisotopic (exact) mass is 408 g/mol. The number of aryl methyl sites for hydroxylation is 1. The van der Waals surface area contributed by atoms with Crippen LogP contribution < -0.4 is 5.32 Å². The van der Waals surface area contributed by atoms with Crippen molar-refractivity contribution in [3.63, 3.8) is 0 Å². The second-order valence-corrected chi connectivity index (χ2v) is 8.39. The molecule has 1 saturated heterocycles. The Hall–Kier alpha value is -2.93. The first kappa shape index (κ1) is 20.3. The molecule has 0 bridgehead atoms. The number of aromatic amines is 1. The van der Waals surface area contributed by atoms with Crippen LogP contribution in [0.3, 0.4) is 0 Å². The van der Waals surface area contributed by atoms with Gasteiger partial charge in [0.05, 0.1) is 23.9 Å². The number of carbonyl (C=O) groups excluding carboxylic acids is 2. The van der Waals surface area contributed by atoms with Crippen molar-refractivity contribution in [2.24, 2.45) is 5.92 Å². The van der Waals surface area contributed by atoms with Gasteiger partial charge in [0, 0.05) is 22.8 Å². The second-order valence-electron chi connectivity index (χ2n) is 8.39. The highest BCUT2D eigenvalue weighted by atomic mass is 16.3. The summed E-state index contributed by atoms with van der Waals surface area (Å²) in [6.07, 6.45) is 1.66. The minimum atomic E-state index is -0.662. The zero-order valence-corrected chi connectivity index (χ0v) is 17.6. The largest absolute Gasteiger partial charge is 0.394 e. The fourth-order valence-corrected chi connectivity index (χ4v) is 4.34. The fourth-order valence-electron chi connectivity index (χ4n) is 4.34. The number of H-pyrrole nitrogens is 1. The standard InChI is InChI=1S/C23H28N4O3/c1-13(2)20(23(30)27-10-6-7-15(27)12-28)26-22(29)19-11-17-16-8-4-5-9-18(16)25-21(17)14(3)24-19/h4-5,8-9,11,13,15,20,25,28H,6-7,10,12H2,1-3H3,(H,26,29). The number of carbonyl (C=O) groups is 2. The lowest BCUT2D eigenvalue weighted by Crippen LogP contribution is -2.53. The Balaban J connectivity index is 1.63. The predicted molar refractivity (Wildman–Crippen MR) is 116 cm³/mol. The molecule has 1 aliphatic heterocycles. The maximum absolute atomic E-state index is 13.1. The summed E-state index contributed by atoms with van der Waals surface area (Å²) in [5.41, 5.74) is 2.94. The van der Waals surface area contributed by atoms with Gasteiger partial charge in [-0.2, -0.15) is 0 Å². The average molecular weight is 409 g/mol. The van der Waals surface area contributed by atoms with Gasteiger partial charge in [-0.3, -0.25) is 9.59 Å². The molecule has 0 radical (unpaired) electrons. The van der Waals surface area contributed by atoms with Gasteiger partial charge < -0.3 is 20.3 Å². The van der Waals surface area contributed by atoms with Crippen molar-refractivity contribution < 1.29 is 14.7 Å². The van der Waals surface area contributed by atoms with E-state index < -0.39 is 6.04 Å². The van der Waals surface area contributed by atoms with Crippen molar-refractivity contribution in [1.82, 2.24) is 20.2 Å². The molecule has 2 amide bonds. The molecule has 1 aromatic carbocycles. The van der Waals surface area contributed by atoms with Gasteiger partial charge in [0.2, 0.25) is 5.91 Å². The summed E-state index contributed by atoms with van der Waals surface area (Å²) >= 11 is 0. The Morgan fingerprint density at radius 1 is 1.30 bits per heavy atom. The molecule has 1 aliphatic rings. The lowest BCUT2D eigenvalue weighted by atomic mass is 10.0. The van der Waals surface area contributed by atoms with Gasteiger partial charge in [0.1, 0.15) is 11.7 Å². The number of aliphatic hydroxyl groups excluding tert-OH is 1. The Bertz CT molecular complexity index is 1100. The Morgan fingerprint density at radius 3 is 2.80 bits per heavy atom. The van der Waals surface area contributed by atoms with E-state index in [9.17, 15) is 14.7 Å². The molecule has 3 heterocycles. The number of pyridine rings is 1. The average Bonchev–Trinajstić information content (AvgIpc) is 3.36. The van der Waals surface area contributed by atoms with E-state index in [1.165, 1.54) is 0 Å². The number of amides is 2. The van der Waals surface area contributed by atoms with Crippen LogP contribution in [0.15, 0.2) is 30.3 Å². The molecule has 1 fully saturated rings. The third-order valence-corrected chi connectivity index (χ3v) is 6.00. The van der Waals surface area contributed by atoms with Gasteiger partial charge in [-0.25, -0.2) is 4.98 Å². The van der Waals surface area contributed by atoms with Gasteiger partial charge in [0.25, 0.3) is 5.91 Å². The smallest absolute Gasteiger partial charge is 0.270 e. The van der Waals surface area contributed by atoms with Gasteiger partial charge in [0.15, 0.2) is 0 Å². The van der Waals surface area contributed by atoms with Crippen LogP contribution in [0.4, 0.5) is 0 Å². The maximum Gasteiger partial charge on any atom is 0.270 e. The van der Waals surface area contributed by atoms with Crippen molar-refractivity contribution >= 4 is 33.6 Å². The van der Waals surface area contributed by atoms with E-state index in [2.05, 4.69) is 15.3 Å². The number of likely N-dealkylation sites (tertiary alicyclic amines) is 1. The topological polar surface area (TPSA) is 98.3 Å². The van der Waals surface area contributed by atoms with Crippen LogP contribution in [0.25, 0.3) is 21.8 Å². The molecule has 0 saturated carbocycles. The molecule has 4 rings (SSSR count). The first-order valence-electron chi connectivity index (χ1n) is 10.5. The number of fused-ring (bicyclic) bond motifs is 3. The molecule has 158 valence electrons. The van der Waals surface area contributed by atoms with E-state index >= 15 is 0 Å². The van der Waals surface area contributed by atoms with E-state index in [1.807, 2.05) is 45.0 Å². The molecule has 2 unspecified atom stereocenters. The summed E-state index contributed by atoms with van der Waals surface area (Å²) in [5.74, 6) is -0.587. The molecule has 2 aromatic heterocycles. The first-order chi connectivity index (χ1) is 14.4. The van der Waals surface area contributed by atoms with Crippen LogP contribution in [0.1, 0.15) is 42.9 Å². The molecule has 7 nitrogen and oxygen atoms in total. The summed E-state index contributed by atoms with van der Waals surface area (Å²) in [6.45, 7) is 6.25. The highest BCUT2D eigenvalue weighted by Gasteiger charge is 2.35. The molecule has 2 atom stereocenters. The lowest BCUT2D eigenvalue weighted by molar-refractivity contribution is -0.135. The number of hydrogen-bond donors (Lipinski definition) is 3. The van der Waals surface area contributed by atoms with E-state index in [4.69, 9.17) is 0 Å². The minimum Gasteiger partial charge on any atom is -0.394 e. The molecule has 7 heteroatoms. The lowest BCUT2D eigenvalue weighted by Gasteiger charge is -2.30. The third-order valence-electron chi connectivity index (χ3n) is 6.00. The van der Waals surface area contributed by atoms with Crippen LogP contribution in [0, 0.1) is 12.8 Å². The number of para-hydroxylation sites is 1. The van der Waals surface area contributed by atoms with Crippen molar-refractivity contribution in [2.75, 3.05) is 13.2 Å². The minimum absolute atomic E-state index is 0.0531. The first-order valence-corrected chi connectivity index (χ1v) is 10.5. The van der Waals surface area contributed by atoms with Crippen LogP contribution in [-0.2, 0) is 4.79 Å². The number of rotatable bonds is 5. The summed E-state index contributed by atoms with van der Waals surface area (Å²) in [7, 11) is 0. The SMILES string of the molecule is Cc1nc(C(=O)NC(C(=O)N2CCCC2CO)C(C)C)cc2c1[nH]c1ccccc12. The Morgan fingerprint density at radius 2 is 2.07 bits per heavy atom. The van der Waals surface area contributed by atoms with E-state index in [0.717, 1.165) is 40.3 Å². The second kappa shape index (κ2) is 8.07. The van der Waals surface area contributed by atoms with E-state index in [0.29, 0.717) is 12.2 Å². The molecular formula is C23H28N4O3. The van der Waals surface area contributed by atoms with E-state index in [1.54, 1.807) is 11.0 Å². The fraction of sp³-hybridized carbons (Fsp3) is 0.435. The van der Waals surface area contributed by atoms with Crippen molar-refractivity contribution in [3.05, 3.63) is 41.7 Å². The number of nitrogens with one attached hydrogen (secondary N) is 2. The molecule has 0 aliphatic carbocycles. The van der Waals surface area contributed by atoms with Crippen molar-refractivity contribution in [2.45, 2.75) is 45.7 Å². The highest BCUT2D eigenvalue weighted by Crippen LogP contribution is 2.27. The van der Waals surface area contributed by atoms with Crippen LogP contribution in [-0.4, -0.2) is 57.0 Å². The van der Waals surface area contributed by atoms with Crippen LogP contribution in [0.2, 0.25) is 0 Å². The van der Waals surface area contributed by atoms with Gasteiger partial charge in [-0.1, -0.05) is 32.0 Å². The zero-order chi connectivity index (χ0) is 21.4. The van der Waals surface area contributed by atoms with Crippen LogP contribution in [0.5, 0.6) is 0 Å². The number of nitrogens with zero attached hydrogens (tertiary/aromatic N) is 2.